The fourth-order valence-electron chi connectivity index (χ4n) is 1.82. The van der Waals surface area contributed by atoms with E-state index in [1.165, 1.54) is 6.20 Å². The fraction of sp³-hybridized carbons (Fsp3) is 0.700. The Hall–Kier alpha value is -1.01. The lowest BCUT2D eigenvalue weighted by molar-refractivity contribution is -0.0248. The topological polar surface area (TPSA) is 55.3 Å². The van der Waals surface area contributed by atoms with Gasteiger partial charge in [-0.3, -0.25) is 4.79 Å². The van der Waals surface area contributed by atoms with Crippen LogP contribution in [0.2, 0.25) is 0 Å². The van der Waals surface area contributed by atoms with Crippen molar-refractivity contribution in [2.45, 2.75) is 25.9 Å². The highest BCUT2D eigenvalue weighted by atomic mass is 32.1. The van der Waals surface area contributed by atoms with E-state index in [4.69, 9.17) is 4.74 Å². The third-order valence-electron chi connectivity index (χ3n) is 2.61. The van der Waals surface area contributed by atoms with Crippen molar-refractivity contribution in [2.75, 3.05) is 19.7 Å². The molecule has 1 saturated heterocycles. The molecule has 1 aromatic heterocycles. The average Bonchev–Trinajstić information content (AvgIpc) is 2.82. The zero-order chi connectivity index (χ0) is 11.4. The minimum atomic E-state index is 0.0272. The molecule has 2 heterocycles. The lowest BCUT2D eigenvalue weighted by atomic mass is 10.1. The van der Waals surface area contributed by atoms with Crippen molar-refractivity contribution >= 4 is 17.4 Å². The van der Waals surface area contributed by atoms with Crippen LogP contribution in [0, 0.1) is 0 Å². The molecule has 0 aliphatic carbocycles. The highest BCUT2D eigenvalue weighted by Crippen LogP contribution is 2.14. The summed E-state index contributed by atoms with van der Waals surface area (Å²) >= 11 is 1.15. The molecule has 16 heavy (non-hydrogen) atoms. The fourth-order valence-corrected chi connectivity index (χ4v) is 2.30. The maximum absolute atomic E-state index is 12.0. The van der Waals surface area contributed by atoms with Crippen molar-refractivity contribution < 1.29 is 9.53 Å². The van der Waals surface area contributed by atoms with Crippen molar-refractivity contribution in [3.8, 4) is 0 Å². The molecule has 1 aromatic rings. The number of carbonyl (C=O) groups is 1. The van der Waals surface area contributed by atoms with Gasteiger partial charge in [0.15, 0.2) is 0 Å². The Bertz CT molecular complexity index is 340. The van der Waals surface area contributed by atoms with E-state index in [1.54, 1.807) is 0 Å². The van der Waals surface area contributed by atoms with Crippen molar-refractivity contribution in [3.63, 3.8) is 0 Å². The summed E-state index contributed by atoms with van der Waals surface area (Å²) in [5.74, 6) is 0.0272. The third kappa shape index (κ3) is 2.56. The molecule has 0 N–H and O–H groups in total. The Morgan fingerprint density at radius 3 is 3.31 bits per heavy atom. The normalized spacial score (nSPS) is 21.1. The minimum absolute atomic E-state index is 0.0272. The molecule has 1 fully saturated rings. The first-order valence-corrected chi connectivity index (χ1v) is 6.27. The first-order valence-electron chi connectivity index (χ1n) is 5.49. The van der Waals surface area contributed by atoms with Gasteiger partial charge in [-0.2, -0.15) is 0 Å². The highest BCUT2D eigenvalue weighted by molar-refractivity contribution is 7.07. The largest absolute Gasteiger partial charge is 0.375 e. The lowest BCUT2D eigenvalue weighted by Crippen LogP contribution is -2.45. The number of ether oxygens (including phenoxy) is 1. The van der Waals surface area contributed by atoms with Crippen LogP contribution in [0.25, 0.3) is 0 Å². The van der Waals surface area contributed by atoms with E-state index in [0.717, 1.165) is 24.4 Å². The van der Waals surface area contributed by atoms with Gasteiger partial charge in [0.1, 0.15) is 4.88 Å². The SMILES string of the molecule is CCCC1CN(C(=O)c2cnns2)CCO1. The molecule has 0 bridgehead atoms. The lowest BCUT2D eigenvalue weighted by Gasteiger charge is -2.32. The van der Waals surface area contributed by atoms with Crippen LogP contribution in [-0.4, -0.2) is 46.2 Å². The molecule has 1 amide bonds. The Morgan fingerprint density at radius 2 is 2.62 bits per heavy atom. The van der Waals surface area contributed by atoms with Crippen LogP contribution in [0.3, 0.4) is 0 Å². The van der Waals surface area contributed by atoms with Gasteiger partial charge in [0, 0.05) is 13.1 Å². The van der Waals surface area contributed by atoms with E-state index in [9.17, 15) is 4.79 Å². The maximum Gasteiger partial charge on any atom is 0.267 e. The van der Waals surface area contributed by atoms with Gasteiger partial charge >= 0.3 is 0 Å². The van der Waals surface area contributed by atoms with E-state index in [-0.39, 0.29) is 12.0 Å². The second-order valence-electron chi connectivity index (χ2n) is 3.81. The second-order valence-corrected chi connectivity index (χ2v) is 4.60. The molecule has 0 radical (unpaired) electrons. The van der Waals surface area contributed by atoms with Gasteiger partial charge in [-0.15, -0.1) is 5.10 Å². The monoisotopic (exact) mass is 241 g/mol. The molecule has 6 heteroatoms. The van der Waals surface area contributed by atoms with E-state index < -0.39 is 0 Å². The first kappa shape index (κ1) is 11.5. The van der Waals surface area contributed by atoms with Crippen LogP contribution >= 0.6 is 11.5 Å². The second kappa shape index (κ2) is 5.36. The smallest absolute Gasteiger partial charge is 0.267 e. The number of nitrogens with zero attached hydrogens (tertiary/aromatic N) is 3. The van der Waals surface area contributed by atoms with Crippen LogP contribution in [-0.2, 0) is 4.74 Å². The summed E-state index contributed by atoms with van der Waals surface area (Å²) in [7, 11) is 0. The van der Waals surface area contributed by atoms with E-state index in [1.807, 2.05) is 4.90 Å². The molecule has 1 unspecified atom stereocenters. The molecule has 0 spiro atoms. The number of aromatic nitrogens is 2. The van der Waals surface area contributed by atoms with Gasteiger partial charge in [-0.1, -0.05) is 17.8 Å². The van der Waals surface area contributed by atoms with E-state index in [2.05, 4.69) is 16.5 Å². The summed E-state index contributed by atoms with van der Waals surface area (Å²) in [5, 5.41) is 3.68. The number of hydrogen-bond donors (Lipinski definition) is 0. The summed E-state index contributed by atoms with van der Waals surface area (Å²) in [5.41, 5.74) is 0. The summed E-state index contributed by atoms with van der Waals surface area (Å²) in [4.78, 5) is 14.5. The predicted molar refractivity (Wildman–Crippen MR) is 60.5 cm³/mol. The van der Waals surface area contributed by atoms with Gasteiger partial charge in [-0.05, 0) is 18.0 Å². The van der Waals surface area contributed by atoms with E-state index in [0.29, 0.717) is 24.6 Å². The summed E-state index contributed by atoms with van der Waals surface area (Å²) in [6.07, 6.45) is 3.79. The Morgan fingerprint density at radius 1 is 1.75 bits per heavy atom. The predicted octanol–water partition coefficient (Wildman–Crippen LogP) is 1.18. The van der Waals surface area contributed by atoms with Gasteiger partial charge < -0.3 is 9.64 Å². The first-order chi connectivity index (χ1) is 7.81. The van der Waals surface area contributed by atoms with Crippen LogP contribution < -0.4 is 0 Å². The molecule has 1 atom stereocenters. The molecule has 1 aliphatic heterocycles. The van der Waals surface area contributed by atoms with Crippen LogP contribution in [0.4, 0.5) is 0 Å². The molecule has 88 valence electrons. The van der Waals surface area contributed by atoms with Crippen LogP contribution in [0.15, 0.2) is 6.20 Å². The number of carbonyl (C=O) groups excluding carboxylic acids is 1. The molecule has 2 rings (SSSR count). The summed E-state index contributed by atoms with van der Waals surface area (Å²) < 4.78 is 9.30. The van der Waals surface area contributed by atoms with Crippen molar-refractivity contribution in [2.24, 2.45) is 0 Å². The maximum atomic E-state index is 12.0. The summed E-state index contributed by atoms with van der Waals surface area (Å²) in [6.45, 7) is 4.10. The average molecular weight is 241 g/mol. The van der Waals surface area contributed by atoms with Crippen molar-refractivity contribution in [1.82, 2.24) is 14.5 Å². The van der Waals surface area contributed by atoms with Gasteiger partial charge in [0.05, 0.1) is 18.9 Å². The van der Waals surface area contributed by atoms with Gasteiger partial charge in [-0.25, -0.2) is 0 Å². The molecule has 1 aliphatic rings. The van der Waals surface area contributed by atoms with Gasteiger partial charge in [0.2, 0.25) is 0 Å². The Kier molecular flexibility index (Phi) is 3.84. The molecular formula is C10H15N3O2S. The van der Waals surface area contributed by atoms with Crippen LogP contribution in [0.5, 0.6) is 0 Å². The highest BCUT2D eigenvalue weighted by Gasteiger charge is 2.25. The zero-order valence-corrected chi connectivity index (χ0v) is 10.1. The standard InChI is InChI=1S/C10H15N3O2S/c1-2-3-8-7-13(4-5-15-8)10(14)9-6-11-12-16-9/h6,8H,2-5,7H2,1H3. The quantitative estimate of drug-likeness (QED) is 0.797. The third-order valence-corrected chi connectivity index (χ3v) is 3.26. The Balaban J connectivity index is 1.96. The molecule has 5 nitrogen and oxygen atoms in total. The number of hydrogen-bond acceptors (Lipinski definition) is 5. The van der Waals surface area contributed by atoms with E-state index >= 15 is 0 Å². The molecular weight excluding hydrogens is 226 g/mol. The zero-order valence-electron chi connectivity index (χ0n) is 9.26. The summed E-state index contributed by atoms with van der Waals surface area (Å²) in [6, 6.07) is 0. The molecule has 0 saturated carbocycles. The van der Waals surface area contributed by atoms with Crippen molar-refractivity contribution in [3.05, 3.63) is 11.1 Å². The van der Waals surface area contributed by atoms with Gasteiger partial charge in [0.25, 0.3) is 5.91 Å². The number of morpholine rings is 1. The number of amides is 1. The van der Waals surface area contributed by atoms with Crippen molar-refractivity contribution in [1.29, 1.82) is 0 Å². The van der Waals surface area contributed by atoms with Crippen LogP contribution in [0.1, 0.15) is 29.4 Å². The minimum Gasteiger partial charge on any atom is -0.375 e. The molecule has 0 aromatic carbocycles. The number of rotatable bonds is 3. The Labute approximate surface area is 98.6 Å².